The third-order valence-electron chi connectivity index (χ3n) is 7.19. The Morgan fingerprint density at radius 2 is 1.00 bits per heavy atom. The Morgan fingerprint density at radius 1 is 0.562 bits per heavy atom. The summed E-state index contributed by atoms with van der Waals surface area (Å²) in [7, 11) is 0. The van der Waals surface area contributed by atoms with Crippen LogP contribution < -0.4 is 20.9 Å². The molecule has 48 heavy (non-hydrogen) atoms. The van der Waals surface area contributed by atoms with E-state index in [-0.39, 0.29) is 28.6 Å². The van der Waals surface area contributed by atoms with Crippen LogP contribution in [0.1, 0.15) is 11.1 Å². The lowest BCUT2D eigenvalue weighted by Crippen LogP contribution is -2.08. The predicted molar refractivity (Wildman–Crippen MR) is 168 cm³/mol. The largest absolute Gasteiger partial charge is 0.508 e. The molecule has 0 atom stereocenters. The van der Waals surface area contributed by atoms with Crippen molar-refractivity contribution in [3.8, 4) is 62.7 Å². The number of anilines is 2. The predicted octanol–water partition coefficient (Wildman–Crippen LogP) is 9.90. The summed E-state index contributed by atoms with van der Waals surface area (Å²) in [6.07, 6.45) is -9.37. The van der Waals surface area contributed by atoms with Crippen LogP contribution in [-0.2, 0) is 12.4 Å². The van der Waals surface area contributed by atoms with Crippen molar-refractivity contribution in [2.45, 2.75) is 12.4 Å². The minimum Gasteiger partial charge on any atom is -0.508 e. The number of ether oxygens (including phenoxy) is 2. The van der Waals surface area contributed by atoms with Gasteiger partial charge in [0.1, 0.15) is 45.7 Å². The van der Waals surface area contributed by atoms with Crippen LogP contribution in [0.4, 0.5) is 37.7 Å². The fraction of sp³-hybridized carbons (Fsp3) is 0.0571. The lowest BCUT2D eigenvalue weighted by molar-refractivity contribution is -0.139. The third-order valence-corrected chi connectivity index (χ3v) is 7.19. The molecule has 5 aromatic carbocycles. The van der Waals surface area contributed by atoms with Crippen molar-refractivity contribution in [1.29, 1.82) is 0 Å². The standard InChI is InChI=1S/C35H24F6N4O3/c36-34(37,38)27-17-22(42)7-15-29(27)47-25-11-3-19(4-12-25)31-32(45-33(44-31)21-1-9-24(46)10-2-21)20-5-13-26(14-6-20)48-30-16-8-23(43)18-28(30)35(39,40)41/h1-18,46H,42-43H2,(H,44,45). The second kappa shape index (κ2) is 12.2. The molecule has 0 fully saturated rings. The molecule has 0 aliphatic rings. The maximum atomic E-state index is 13.6. The van der Waals surface area contributed by atoms with Gasteiger partial charge in [0, 0.05) is 28.1 Å². The van der Waals surface area contributed by atoms with Gasteiger partial charge in [-0.05, 0) is 109 Å². The van der Waals surface area contributed by atoms with E-state index in [1.165, 1.54) is 48.5 Å². The first-order chi connectivity index (χ1) is 22.7. The molecule has 0 amide bonds. The van der Waals surface area contributed by atoms with Gasteiger partial charge in [0.2, 0.25) is 0 Å². The van der Waals surface area contributed by atoms with E-state index in [9.17, 15) is 31.4 Å². The van der Waals surface area contributed by atoms with Gasteiger partial charge < -0.3 is 31.0 Å². The van der Waals surface area contributed by atoms with Crippen molar-refractivity contribution >= 4 is 11.4 Å². The molecule has 6 aromatic rings. The first-order valence-corrected chi connectivity index (χ1v) is 14.1. The number of H-pyrrole nitrogens is 1. The van der Waals surface area contributed by atoms with Crippen LogP contribution in [0.3, 0.4) is 0 Å². The van der Waals surface area contributed by atoms with Gasteiger partial charge in [0.05, 0.1) is 11.4 Å². The molecule has 244 valence electrons. The number of halogens is 6. The van der Waals surface area contributed by atoms with Gasteiger partial charge in [0.25, 0.3) is 0 Å². The molecule has 0 aliphatic carbocycles. The normalized spacial score (nSPS) is 11.8. The number of nitrogens with two attached hydrogens (primary N) is 2. The van der Waals surface area contributed by atoms with Crippen molar-refractivity contribution in [1.82, 2.24) is 9.97 Å². The van der Waals surface area contributed by atoms with Crippen LogP contribution in [-0.4, -0.2) is 15.1 Å². The van der Waals surface area contributed by atoms with Crippen molar-refractivity contribution in [3.63, 3.8) is 0 Å². The highest BCUT2D eigenvalue weighted by atomic mass is 19.4. The number of nitrogens with zero attached hydrogens (tertiary/aromatic N) is 1. The fourth-order valence-electron chi connectivity index (χ4n) is 4.89. The number of rotatable bonds is 7. The number of benzene rings is 5. The number of hydrogen-bond acceptors (Lipinski definition) is 6. The second-order valence-corrected chi connectivity index (χ2v) is 10.6. The summed E-state index contributed by atoms with van der Waals surface area (Å²) >= 11 is 0. The Labute approximate surface area is 269 Å². The van der Waals surface area contributed by atoms with Crippen molar-refractivity contribution < 1.29 is 40.9 Å². The highest BCUT2D eigenvalue weighted by molar-refractivity contribution is 5.81. The molecule has 0 bridgehead atoms. The number of aromatic amines is 1. The van der Waals surface area contributed by atoms with E-state index >= 15 is 0 Å². The Balaban J connectivity index is 1.33. The van der Waals surface area contributed by atoms with E-state index in [0.29, 0.717) is 33.9 Å². The first kappa shape index (κ1) is 31.9. The summed E-state index contributed by atoms with van der Waals surface area (Å²) in [4.78, 5) is 8.01. The lowest BCUT2D eigenvalue weighted by atomic mass is 10.0. The molecule has 0 saturated carbocycles. The molecule has 6 N–H and O–H groups in total. The average molecular weight is 663 g/mol. The van der Waals surface area contributed by atoms with E-state index in [1.807, 2.05) is 0 Å². The van der Waals surface area contributed by atoms with Gasteiger partial charge in [-0.25, -0.2) is 4.98 Å². The molecule has 6 rings (SSSR count). The minimum atomic E-state index is -4.68. The summed E-state index contributed by atoms with van der Waals surface area (Å²) in [5.41, 5.74) is 11.8. The van der Waals surface area contributed by atoms with E-state index in [0.717, 1.165) is 24.3 Å². The van der Waals surface area contributed by atoms with Crippen molar-refractivity contribution in [3.05, 3.63) is 120 Å². The lowest BCUT2D eigenvalue weighted by Gasteiger charge is -2.15. The van der Waals surface area contributed by atoms with E-state index in [2.05, 4.69) is 4.98 Å². The molecule has 0 saturated heterocycles. The number of phenols is 1. The number of hydrogen-bond donors (Lipinski definition) is 4. The summed E-state index contributed by atoms with van der Waals surface area (Å²) in [6.45, 7) is 0. The number of alkyl halides is 6. The highest BCUT2D eigenvalue weighted by Gasteiger charge is 2.36. The van der Waals surface area contributed by atoms with Gasteiger partial charge in [-0.2, -0.15) is 26.3 Å². The van der Waals surface area contributed by atoms with E-state index in [1.54, 1.807) is 36.4 Å². The first-order valence-electron chi connectivity index (χ1n) is 14.1. The fourth-order valence-corrected chi connectivity index (χ4v) is 4.89. The number of imidazole rings is 1. The van der Waals surface area contributed by atoms with Gasteiger partial charge in [0.15, 0.2) is 0 Å². The zero-order valence-electron chi connectivity index (χ0n) is 24.5. The number of nitrogens with one attached hydrogen (secondary N) is 1. The third kappa shape index (κ3) is 6.84. The quantitative estimate of drug-likeness (QED) is 0.0998. The van der Waals surface area contributed by atoms with E-state index < -0.39 is 35.0 Å². The van der Waals surface area contributed by atoms with Gasteiger partial charge in [-0.1, -0.05) is 0 Å². The zero-order chi connectivity index (χ0) is 34.2. The summed E-state index contributed by atoms with van der Waals surface area (Å²) in [5, 5.41) is 9.74. The van der Waals surface area contributed by atoms with Crippen LogP contribution >= 0.6 is 0 Å². The molecule has 13 heteroatoms. The minimum absolute atomic E-state index is 0.0569. The van der Waals surface area contributed by atoms with Crippen LogP contribution in [0.2, 0.25) is 0 Å². The maximum absolute atomic E-state index is 13.6. The van der Waals surface area contributed by atoms with Crippen LogP contribution in [0.5, 0.6) is 28.7 Å². The summed E-state index contributed by atoms with van der Waals surface area (Å²) < 4.78 is 92.6. The average Bonchev–Trinajstić information content (AvgIpc) is 3.48. The summed E-state index contributed by atoms with van der Waals surface area (Å²) in [5.74, 6) is -0.0628. The van der Waals surface area contributed by atoms with Gasteiger partial charge >= 0.3 is 12.4 Å². The smallest absolute Gasteiger partial charge is 0.420 e. The van der Waals surface area contributed by atoms with Crippen LogP contribution in [0, 0.1) is 0 Å². The topological polar surface area (TPSA) is 119 Å². The zero-order valence-corrected chi connectivity index (χ0v) is 24.5. The second-order valence-electron chi connectivity index (χ2n) is 10.6. The van der Waals surface area contributed by atoms with E-state index in [4.69, 9.17) is 25.9 Å². The Kier molecular flexibility index (Phi) is 8.13. The number of phenolic OH excluding ortho intramolecular Hbond substituents is 1. The molecule has 7 nitrogen and oxygen atoms in total. The molecule has 1 aromatic heterocycles. The molecule has 0 radical (unpaired) electrons. The van der Waals surface area contributed by atoms with Gasteiger partial charge in [-0.15, -0.1) is 0 Å². The number of aromatic hydroxyl groups is 1. The molecule has 0 unspecified atom stereocenters. The Hall–Kier alpha value is -6.11. The molecular formula is C35H24F6N4O3. The SMILES string of the molecule is Nc1ccc(Oc2ccc(-c3nc(-c4ccc(O)cc4)[nH]c3-c3ccc(Oc4ccc(N)cc4C(F)(F)F)cc3)cc2)c(C(F)(F)F)c1. The Morgan fingerprint density at radius 3 is 1.46 bits per heavy atom. The monoisotopic (exact) mass is 662 g/mol. The highest BCUT2D eigenvalue weighted by Crippen LogP contribution is 2.42. The van der Waals surface area contributed by atoms with Crippen molar-refractivity contribution in [2.24, 2.45) is 0 Å². The maximum Gasteiger partial charge on any atom is 0.420 e. The van der Waals surface area contributed by atoms with Crippen LogP contribution in [0.15, 0.2) is 109 Å². The molecule has 1 heterocycles. The molecular weight excluding hydrogens is 638 g/mol. The number of aromatic nitrogens is 2. The number of nitrogen functional groups attached to an aromatic ring is 2. The molecule has 0 spiro atoms. The summed E-state index contributed by atoms with van der Waals surface area (Å²) in [6, 6.07) is 25.3. The molecule has 0 aliphatic heterocycles. The van der Waals surface area contributed by atoms with Crippen LogP contribution in [0.25, 0.3) is 33.9 Å². The van der Waals surface area contributed by atoms with Gasteiger partial charge in [-0.3, -0.25) is 0 Å². The Bertz CT molecular complexity index is 1950. The van der Waals surface area contributed by atoms with Crippen molar-refractivity contribution in [2.75, 3.05) is 11.5 Å².